The highest BCUT2D eigenvalue weighted by Crippen LogP contribution is 2.40. The van der Waals surface area contributed by atoms with Crippen LogP contribution in [0.4, 0.5) is 0 Å². The van der Waals surface area contributed by atoms with Crippen LogP contribution in [0.15, 0.2) is 21.9 Å². The van der Waals surface area contributed by atoms with Crippen LogP contribution in [0.5, 0.6) is 0 Å². The molecule has 0 amide bonds. The van der Waals surface area contributed by atoms with E-state index in [1.165, 1.54) is 28.2 Å². The van der Waals surface area contributed by atoms with Crippen LogP contribution >= 0.6 is 35.1 Å². The number of hydrogen-bond donors (Lipinski definition) is 1. The summed E-state index contributed by atoms with van der Waals surface area (Å²) in [6, 6.07) is 4.42. The van der Waals surface area contributed by atoms with E-state index >= 15 is 0 Å². The molecular weight excluding hydrogens is 270 g/mol. The Labute approximate surface area is 117 Å². The largest absolute Gasteiger partial charge is 0.308 e. The van der Waals surface area contributed by atoms with Gasteiger partial charge in [-0.25, -0.2) is 0 Å². The minimum Gasteiger partial charge on any atom is -0.308 e. The SMILES string of the molecule is CSc1cc(C2(C)CCCN2)cc(Cl)c1SC. The van der Waals surface area contributed by atoms with Crippen molar-refractivity contribution in [1.29, 1.82) is 0 Å². The van der Waals surface area contributed by atoms with Crippen LogP contribution in [0.3, 0.4) is 0 Å². The second-order valence-electron chi connectivity index (χ2n) is 4.56. The first-order chi connectivity index (χ1) is 8.10. The predicted molar refractivity (Wildman–Crippen MR) is 79.6 cm³/mol. The highest BCUT2D eigenvalue weighted by Gasteiger charge is 2.31. The molecule has 94 valence electrons. The number of hydrogen-bond acceptors (Lipinski definition) is 3. The molecule has 1 fully saturated rings. The van der Waals surface area contributed by atoms with Crippen molar-refractivity contribution >= 4 is 35.1 Å². The van der Waals surface area contributed by atoms with Gasteiger partial charge in [-0.2, -0.15) is 0 Å². The molecule has 1 unspecified atom stereocenters. The topological polar surface area (TPSA) is 12.0 Å². The van der Waals surface area contributed by atoms with Gasteiger partial charge in [0.2, 0.25) is 0 Å². The lowest BCUT2D eigenvalue weighted by atomic mass is 9.91. The van der Waals surface area contributed by atoms with Gasteiger partial charge in [-0.3, -0.25) is 0 Å². The third-order valence-corrected chi connectivity index (χ3v) is 5.59. The van der Waals surface area contributed by atoms with E-state index in [-0.39, 0.29) is 5.54 Å². The minimum atomic E-state index is 0.102. The second-order valence-corrected chi connectivity index (χ2v) is 6.63. The molecule has 0 aromatic heterocycles. The first-order valence-electron chi connectivity index (χ1n) is 5.78. The Hall–Kier alpha value is 0.170. The first kappa shape index (κ1) is 13.6. The summed E-state index contributed by atoms with van der Waals surface area (Å²) >= 11 is 9.89. The van der Waals surface area contributed by atoms with Crippen molar-refractivity contribution in [2.45, 2.75) is 35.1 Å². The zero-order valence-corrected chi connectivity index (χ0v) is 12.9. The van der Waals surface area contributed by atoms with Gasteiger partial charge in [-0.1, -0.05) is 11.6 Å². The maximum Gasteiger partial charge on any atom is 0.0556 e. The molecule has 1 N–H and O–H groups in total. The van der Waals surface area contributed by atoms with Crippen molar-refractivity contribution < 1.29 is 0 Å². The van der Waals surface area contributed by atoms with Crippen molar-refractivity contribution in [3.05, 3.63) is 22.7 Å². The third kappa shape index (κ3) is 2.62. The van der Waals surface area contributed by atoms with Gasteiger partial charge < -0.3 is 5.32 Å². The lowest BCUT2D eigenvalue weighted by Crippen LogP contribution is -2.33. The standard InChI is InChI=1S/C13H18ClNS2/c1-13(5-4-6-15-13)9-7-10(14)12(17-3)11(8-9)16-2/h7-8,15H,4-6H2,1-3H3. The average molecular weight is 288 g/mol. The molecule has 1 saturated heterocycles. The van der Waals surface area contributed by atoms with Crippen LogP contribution < -0.4 is 5.32 Å². The molecule has 1 aliphatic rings. The van der Waals surface area contributed by atoms with Crippen LogP contribution in [0.25, 0.3) is 0 Å². The van der Waals surface area contributed by atoms with E-state index in [1.807, 2.05) is 0 Å². The third-order valence-electron chi connectivity index (χ3n) is 3.44. The zero-order chi connectivity index (χ0) is 12.5. The summed E-state index contributed by atoms with van der Waals surface area (Å²) < 4.78 is 0. The summed E-state index contributed by atoms with van der Waals surface area (Å²) in [6.07, 6.45) is 6.62. The molecule has 17 heavy (non-hydrogen) atoms. The number of benzene rings is 1. The summed E-state index contributed by atoms with van der Waals surface area (Å²) in [5.74, 6) is 0. The maximum absolute atomic E-state index is 6.39. The minimum absolute atomic E-state index is 0.102. The summed E-state index contributed by atoms with van der Waals surface area (Å²) in [6.45, 7) is 3.38. The van der Waals surface area contributed by atoms with Crippen molar-refractivity contribution in [1.82, 2.24) is 5.32 Å². The van der Waals surface area contributed by atoms with Crippen LogP contribution in [-0.2, 0) is 5.54 Å². The van der Waals surface area contributed by atoms with Gasteiger partial charge in [0.1, 0.15) is 0 Å². The average Bonchev–Trinajstić information content (AvgIpc) is 2.76. The molecule has 0 bridgehead atoms. The molecule has 1 aliphatic heterocycles. The number of rotatable bonds is 3. The van der Waals surface area contributed by atoms with E-state index in [2.05, 4.69) is 36.9 Å². The molecule has 1 aromatic rings. The normalized spacial score (nSPS) is 24.2. The Bertz CT molecular complexity index is 414. The van der Waals surface area contributed by atoms with Crippen LogP contribution in [0.2, 0.25) is 5.02 Å². The summed E-state index contributed by atoms with van der Waals surface area (Å²) in [5, 5.41) is 4.47. The van der Waals surface area contributed by atoms with Crippen molar-refractivity contribution in [3.63, 3.8) is 0 Å². The fourth-order valence-electron chi connectivity index (χ4n) is 2.38. The highest BCUT2D eigenvalue weighted by atomic mass is 35.5. The lowest BCUT2D eigenvalue weighted by Gasteiger charge is -2.26. The Morgan fingerprint density at radius 1 is 1.29 bits per heavy atom. The molecule has 1 atom stereocenters. The van der Waals surface area contributed by atoms with E-state index < -0.39 is 0 Å². The lowest BCUT2D eigenvalue weighted by molar-refractivity contribution is 0.433. The molecule has 1 heterocycles. The Balaban J connectivity index is 2.46. The second kappa shape index (κ2) is 5.43. The van der Waals surface area contributed by atoms with Gasteiger partial charge in [0.05, 0.1) is 5.02 Å². The Morgan fingerprint density at radius 3 is 2.59 bits per heavy atom. The molecule has 0 saturated carbocycles. The summed E-state index contributed by atoms with van der Waals surface area (Å²) in [5.41, 5.74) is 1.42. The molecule has 1 nitrogen and oxygen atoms in total. The van der Waals surface area contributed by atoms with E-state index in [9.17, 15) is 0 Å². The van der Waals surface area contributed by atoms with Gasteiger partial charge in [-0.05, 0) is 56.5 Å². The van der Waals surface area contributed by atoms with Crippen molar-refractivity contribution in [2.24, 2.45) is 0 Å². The van der Waals surface area contributed by atoms with Crippen LogP contribution in [0.1, 0.15) is 25.3 Å². The van der Waals surface area contributed by atoms with Gasteiger partial charge >= 0.3 is 0 Å². The summed E-state index contributed by atoms with van der Waals surface area (Å²) in [7, 11) is 0. The maximum atomic E-state index is 6.39. The van der Waals surface area contributed by atoms with Gasteiger partial charge in [0.25, 0.3) is 0 Å². The quantitative estimate of drug-likeness (QED) is 0.829. The molecule has 0 aliphatic carbocycles. The smallest absolute Gasteiger partial charge is 0.0556 e. The van der Waals surface area contributed by atoms with E-state index in [1.54, 1.807) is 23.5 Å². The molecular formula is C13H18ClNS2. The van der Waals surface area contributed by atoms with Gasteiger partial charge in [-0.15, -0.1) is 23.5 Å². The molecule has 1 aromatic carbocycles. The van der Waals surface area contributed by atoms with Gasteiger partial charge in [0, 0.05) is 15.3 Å². The van der Waals surface area contributed by atoms with Gasteiger partial charge in [0.15, 0.2) is 0 Å². The van der Waals surface area contributed by atoms with Crippen molar-refractivity contribution in [2.75, 3.05) is 19.1 Å². The number of halogens is 1. The zero-order valence-electron chi connectivity index (χ0n) is 10.5. The fraction of sp³-hybridized carbons (Fsp3) is 0.538. The summed E-state index contributed by atoms with van der Waals surface area (Å²) in [4.78, 5) is 2.49. The Kier molecular flexibility index (Phi) is 4.35. The predicted octanol–water partition coefficient (Wildman–Crippen LogP) is 4.38. The molecule has 4 heteroatoms. The number of thioether (sulfide) groups is 2. The molecule has 0 spiro atoms. The van der Waals surface area contributed by atoms with E-state index in [4.69, 9.17) is 11.6 Å². The van der Waals surface area contributed by atoms with E-state index in [0.29, 0.717) is 0 Å². The monoisotopic (exact) mass is 287 g/mol. The fourth-order valence-corrected chi connectivity index (χ4v) is 4.44. The van der Waals surface area contributed by atoms with Crippen LogP contribution in [0, 0.1) is 0 Å². The molecule has 2 rings (SSSR count). The van der Waals surface area contributed by atoms with E-state index in [0.717, 1.165) is 11.6 Å². The van der Waals surface area contributed by atoms with Crippen molar-refractivity contribution in [3.8, 4) is 0 Å². The van der Waals surface area contributed by atoms with Crippen LogP contribution in [-0.4, -0.2) is 19.1 Å². The highest BCUT2D eigenvalue weighted by molar-refractivity contribution is 8.01. The number of nitrogens with one attached hydrogen (secondary N) is 1. The molecule has 0 radical (unpaired) electrons. The first-order valence-corrected chi connectivity index (χ1v) is 8.60. The Morgan fingerprint density at radius 2 is 2.06 bits per heavy atom.